The molecule has 0 saturated carbocycles. The first-order valence-electron chi connectivity index (χ1n) is 7.20. The van der Waals surface area contributed by atoms with E-state index in [9.17, 15) is 9.50 Å². The molecule has 2 atom stereocenters. The number of halogens is 1. The van der Waals surface area contributed by atoms with Crippen LogP contribution in [0.4, 0.5) is 4.39 Å². The van der Waals surface area contributed by atoms with Crippen LogP contribution in [-0.4, -0.2) is 5.11 Å². The molecule has 0 fully saturated rings. The molecule has 2 N–H and O–H groups in total. The van der Waals surface area contributed by atoms with Gasteiger partial charge in [0, 0.05) is 17.6 Å². The second kappa shape index (κ2) is 6.27. The zero-order chi connectivity index (χ0) is 15.6. The minimum Gasteiger partial charge on any atom is -0.508 e. The first-order valence-corrected chi connectivity index (χ1v) is 7.20. The molecule has 2 aromatic rings. The summed E-state index contributed by atoms with van der Waals surface area (Å²) in [6.45, 7) is 8.16. The lowest BCUT2D eigenvalue weighted by Gasteiger charge is -2.23. The van der Waals surface area contributed by atoms with Crippen molar-refractivity contribution >= 4 is 0 Å². The topological polar surface area (TPSA) is 32.3 Å². The largest absolute Gasteiger partial charge is 0.508 e. The van der Waals surface area contributed by atoms with Crippen molar-refractivity contribution in [2.24, 2.45) is 0 Å². The standard InChI is InChI=1S/C18H22FNO/c1-11-5-7-16(12(2)9-11)13(3)20-14(4)17-10-15(19)6-8-18(17)21/h5-10,13-14,20-21H,1-4H3. The summed E-state index contributed by atoms with van der Waals surface area (Å²) in [6.07, 6.45) is 0. The Labute approximate surface area is 125 Å². The van der Waals surface area contributed by atoms with Crippen molar-refractivity contribution in [1.29, 1.82) is 0 Å². The van der Waals surface area contributed by atoms with Crippen molar-refractivity contribution in [3.63, 3.8) is 0 Å². The van der Waals surface area contributed by atoms with E-state index in [0.29, 0.717) is 5.56 Å². The summed E-state index contributed by atoms with van der Waals surface area (Å²) in [5.41, 5.74) is 4.25. The van der Waals surface area contributed by atoms with Gasteiger partial charge in [-0.1, -0.05) is 23.8 Å². The minimum atomic E-state index is -0.337. The zero-order valence-corrected chi connectivity index (χ0v) is 12.9. The number of nitrogens with one attached hydrogen (secondary N) is 1. The number of benzene rings is 2. The van der Waals surface area contributed by atoms with E-state index in [1.165, 1.54) is 34.9 Å². The average Bonchev–Trinajstić information content (AvgIpc) is 2.41. The molecule has 0 aliphatic carbocycles. The number of phenolic OH excluding ortho intramolecular Hbond substituents is 1. The lowest BCUT2D eigenvalue weighted by molar-refractivity contribution is 0.435. The number of aromatic hydroxyl groups is 1. The van der Waals surface area contributed by atoms with Gasteiger partial charge in [-0.3, -0.25) is 0 Å². The van der Waals surface area contributed by atoms with Gasteiger partial charge in [0.15, 0.2) is 0 Å². The third-order valence-corrected chi connectivity index (χ3v) is 3.85. The van der Waals surface area contributed by atoms with Crippen LogP contribution < -0.4 is 5.32 Å². The van der Waals surface area contributed by atoms with Crippen LogP contribution in [0.5, 0.6) is 5.75 Å². The van der Waals surface area contributed by atoms with E-state index < -0.39 is 0 Å². The molecule has 2 unspecified atom stereocenters. The fourth-order valence-corrected chi connectivity index (χ4v) is 2.74. The van der Waals surface area contributed by atoms with Gasteiger partial charge < -0.3 is 10.4 Å². The van der Waals surface area contributed by atoms with Crippen LogP contribution in [0.1, 0.15) is 48.2 Å². The van der Waals surface area contributed by atoms with Crippen molar-refractivity contribution in [3.8, 4) is 5.75 Å². The second-order valence-electron chi connectivity index (χ2n) is 5.67. The molecule has 2 aromatic carbocycles. The van der Waals surface area contributed by atoms with E-state index in [1.54, 1.807) is 0 Å². The highest BCUT2D eigenvalue weighted by Crippen LogP contribution is 2.28. The molecule has 0 bridgehead atoms. The molecule has 0 aliphatic heterocycles. The SMILES string of the molecule is Cc1ccc(C(C)NC(C)c2cc(F)ccc2O)c(C)c1. The Morgan fingerprint density at radius 3 is 2.29 bits per heavy atom. The fraction of sp³-hybridized carbons (Fsp3) is 0.333. The molecule has 0 amide bonds. The van der Waals surface area contributed by atoms with Gasteiger partial charge >= 0.3 is 0 Å². The highest BCUT2D eigenvalue weighted by Gasteiger charge is 2.16. The molecule has 2 rings (SSSR count). The predicted molar refractivity (Wildman–Crippen MR) is 83.9 cm³/mol. The molecule has 2 nitrogen and oxygen atoms in total. The van der Waals surface area contributed by atoms with Gasteiger partial charge in [-0.2, -0.15) is 0 Å². The maximum atomic E-state index is 13.3. The number of rotatable bonds is 4. The van der Waals surface area contributed by atoms with Gasteiger partial charge in [0.25, 0.3) is 0 Å². The third kappa shape index (κ3) is 3.61. The molecule has 0 radical (unpaired) electrons. The van der Waals surface area contributed by atoms with Gasteiger partial charge in [-0.15, -0.1) is 0 Å². The van der Waals surface area contributed by atoms with E-state index in [0.717, 1.165) is 0 Å². The van der Waals surface area contributed by atoms with Crippen molar-refractivity contribution in [3.05, 3.63) is 64.5 Å². The van der Waals surface area contributed by atoms with Crippen LogP contribution >= 0.6 is 0 Å². The summed E-state index contributed by atoms with van der Waals surface area (Å²) in [4.78, 5) is 0. The first-order chi connectivity index (χ1) is 9.88. The predicted octanol–water partition coefficient (Wildman–Crippen LogP) is 4.56. The van der Waals surface area contributed by atoms with E-state index in [1.807, 2.05) is 6.92 Å². The van der Waals surface area contributed by atoms with Crippen LogP contribution in [0.25, 0.3) is 0 Å². The van der Waals surface area contributed by atoms with Crippen molar-refractivity contribution in [1.82, 2.24) is 5.32 Å². The number of hydrogen-bond donors (Lipinski definition) is 2. The Morgan fingerprint density at radius 2 is 1.62 bits per heavy atom. The Hall–Kier alpha value is -1.87. The van der Waals surface area contributed by atoms with Crippen LogP contribution in [0.3, 0.4) is 0 Å². The number of hydrogen-bond acceptors (Lipinski definition) is 2. The number of aryl methyl sites for hydroxylation is 2. The van der Waals surface area contributed by atoms with E-state index in [-0.39, 0.29) is 23.7 Å². The molecule has 112 valence electrons. The van der Waals surface area contributed by atoms with Crippen LogP contribution in [0.15, 0.2) is 36.4 Å². The van der Waals surface area contributed by atoms with E-state index >= 15 is 0 Å². The molecule has 0 spiro atoms. The molecule has 0 saturated heterocycles. The first kappa shape index (κ1) is 15.5. The molecule has 0 heterocycles. The highest BCUT2D eigenvalue weighted by atomic mass is 19.1. The van der Waals surface area contributed by atoms with Gasteiger partial charge in [0.1, 0.15) is 11.6 Å². The zero-order valence-electron chi connectivity index (χ0n) is 12.9. The normalized spacial score (nSPS) is 14.0. The number of phenols is 1. The highest BCUT2D eigenvalue weighted by molar-refractivity contribution is 5.36. The summed E-state index contributed by atoms with van der Waals surface area (Å²) in [5.74, 6) is -0.222. The Bertz CT molecular complexity index is 639. The molecule has 0 aromatic heterocycles. The molecule has 21 heavy (non-hydrogen) atoms. The van der Waals surface area contributed by atoms with Crippen molar-refractivity contribution in [2.45, 2.75) is 39.8 Å². The van der Waals surface area contributed by atoms with E-state index in [2.05, 4.69) is 44.3 Å². The maximum absolute atomic E-state index is 13.3. The maximum Gasteiger partial charge on any atom is 0.123 e. The van der Waals surface area contributed by atoms with Crippen LogP contribution in [0.2, 0.25) is 0 Å². The quantitative estimate of drug-likeness (QED) is 0.864. The summed E-state index contributed by atoms with van der Waals surface area (Å²) in [5, 5.41) is 13.3. The van der Waals surface area contributed by atoms with E-state index in [4.69, 9.17) is 0 Å². The molecule has 0 aliphatic rings. The van der Waals surface area contributed by atoms with Crippen LogP contribution in [0, 0.1) is 19.7 Å². The Kier molecular flexibility index (Phi) is 4.63. The minimum absolute atomic E-state index is 0.114. The monoisotopic (exact) mass is 287 g/mol. The van der Waals surface area contributed by atoms with Gasteiger partial charge in [-0.05, 0) is 57.0 Å². The second-order valence-corrected chi connectivity index (χ2v) is 5.67. The Morgan fingerprint density at radius 1 is 0.952 bits per heavy atom. The summed E-state index contributed by atoms with van der Waals surface area (Å²) >= 11 is 0. The summed E-state index contributed by atoms with van der Waals surface area (Å²) < 4.78 is 13.3. The smallest absolute Gasteiger partial charge is 0.123 e. The molecular formula is C18H22FNO. The van der Waals surface area contributed by atoms with Gasteiger partial charge in [0.05, 0.1) is 0 Å². The fourth-order valence-electron chi connectivity index (χ4n) is 2.74. The lowest BCUT2D eigenvalue weighted by atomic mass is 9.98. The van der Waals surface area contributed by atoms with Crippen molar-refractivity contribution in [2.75, 3.05) is 0 Å². The van der Waals surface area contributed by atoms with Gasteiger partial charge in [-0.25, -0.2) is 4.39 Å². The van der Waals surface area contributed by atoms with Crippen molar-refractivity contribution < 1.29 is 9.50 Å². The summed E-state index contributed by atoms with van der Waals surface area (Å²) in [6, 6.07) is 10.4. The molecular weight excluding hydrogens is 265 g/mol. The lowest BCUT2D eigenvalue weighted by Crippen LogP contribution is -2.23. The summed E-state index contributed by atoms with van der Waals surface area (Å²) in [7, 11) is 0. The van der Waals surface area contributed by atoms with Gasteiger partial charge in [0.2, 0.25) is 0 Å². The Balaban J connectivity index is 2.18. The molecule has 3 heteroatoms. The third-order valence-electron chi connectivity index (χ3n) is 3.85. The average molecular weight is 287 g/mol. The van der Waals surface area contributed by atoms with Crippen LogP contribution in [-0.2, 0) is 0 Å².